The van der Waals surface area contributed by atoms with Gasteiger partial charge in [-0.05, 0) is 24.2 Å². The molecule has 0 aliphatic heterocycles. The molecule has 0 saturated heterocycles. The van der Waals surface area contributed by atoms with Crippen LogP contribution >= 0.6 is 11.3 Å². The molecular weight excluding hydrogens is 256 g/mol. The molecule has 0 amide bonds. The van der Waals surface area contributed by atoms with Gasteiger partial charge in [0.1, 0.15) is 6.04 Å². The molecule has 0 radical (unpaired) electrons. The number of nitrogens with zero attached hydrogens (tertiary/aromatic N) is 1. The fraction of sp³-hybridized carbons (Fsp3) is 0.273. The van der Waals surface area contributed by atoms with Crippen molar-refractivity contribution in [1.29, 1.82) is 0 Å². The number of nitrogens with two attached hydrogens (primary N) is 1. The quantitative estimate of drug-likeness (QED) is 0.772. The highest BCUT2D eigenvalue weighted by Gasteiger charge is 2.23. The van der Waals surface area contributed by atoms with E-state index < -0.39 is 12.0 Å². The number of carbonyl (C=O) groups is 1. The molecule has 0 fully saturated rings. The molecule has 0 aliphatic rings. The van der Waals surface area contributed by atoms with Crippen LogP contribution in [0.15, 0.2) is 16.7 Å². The summed E-state index contributed by atoms with van der Waals surface area (Å²) in [4.78, 5) is 12.6. The van der Waals surface area contributed by atoms with Crippen molar-refractivity contribution in [3.05, 3.63) is 22.6 Å². The molecule has 2 rings (SSSR count). The van der Waals surface area contributed by atoms with Crippen molar-refractivity contribution in [2.45, 2.75) is 19.4 Å². The Balaban J connectivity index is 2.35. The van der Waals surface area contributed by atoms with Gasteiger partial charge in [0.15, 0.2) is 5.76 Å². The zero-order valence-corrected chi connectivity index (χ0v) is 10.4. The first-order valence-electron chi connectivity index (χ1n) is 5.21. The van der Waals surface area contributed by atoms with Crippen LogP contribution in [0.1, 0.15) is 10.4 Å². The van der Waals surface area contributed by atoms with Gasteiger partial charge < -0.3 is 20.5 Å². The highest BCUT2D eigenvalue weighted by atomic mass is 32.1. The van der Waals surface area contributed by atoms with Gasteiger partial charge in [0.05, 0.1) is 10.4 Å². The van der Waals surface area contributed by atoms with Crippen molar-refractivity contribution in [2.24, 2.45) is 5.73 Å². The first-order chi connectivity index (χ1) is 8.49. The third kappa shape index (κ3) is 2.36. The summed E-state index contributed by atoms with van der Waals surface area (Å²) in [5.41, 5.74) is 5.78. The van der Waals surface area contributed by atoms with E-state index in [0.29, 0.717) is 11.3 Å². The number of aromatic hydroxyl groups is 1. The summed E-state index contributed by atoms with van der Waals surface area (Å²) < 4.78 is 5.04. The number of carboxylic acid groups (broad SMARTS) is 1. The smallest absolute Gasteiger partial charge is 0.320 e. The maximum atomic E-state index is 10.7. The maximum Gasteiger partial charge on any atom is 0.320 e. The van der Waals surface area contributed by atoms with E-state index in [4.69, 9.17) is 15.4 Å². The second kappa shape index (κ2) is 4.79. The molecule has 0 spiro atoms. The van der Waals surface area contributed by atoms with Crippen molar-refractivity contribution in [3.63, 3.8) is 0 Å². The van der Waals surface area contributed by atoms with Crippen molar-refractivity contribution in [1.82, 2.24) is 5.16 Å². The molecule has 7 heteroatoms. The van der Waals surface area contributed by atoms with Crippen LogP contribution in [-0.2, 0) is 11.2 Å². The lowest BCUT2D eigenvalue weighted by Crippen LogP contribution is -2.32. The van der Waals surface area contributed by atoms with Crippen LogP contribution in [0.3, 0.4) is 0 Å². The Morgan fingerprint density at radius 3 is 2.89 bits per heavy atom. The normalized spacial score (nSPS) is 12.6. The molecule has 2 aromatic rings. The molecule has 0 unspecified atom stereocenters. The predicted molar refractivity (Wildman–Crippen MR) is 65.5 cm³/mol. The second-order valence-corrected chi connectivity index (χ2v) is 5.16. The Morgan fingerprint density at radius 2 is 2.33 bits per heavy atom. The number of thiophene rings is 1. The average molecular weight is 268 g/mol. The van der Waals surface area contributed by atoms with Gasteiger partial charge in [-0.2, -0.15) is 0 Å². The SMILES string of the molecule is Cc1ccc(-c2onc(O)c2C[C@H](N)C(=O)O)s1. The molecule has 0 saturated carbocycles. The summed E-state index contributed by atoms with van der Waals surface area (Å²) >= 11 is 1.47. The largest absolute Gasteiger partial charge is 0.491 e. The Kier molecular flexibility index (Phi) is 3.35. The van der Waals surface area contributed by atoms with Crippen LogP contribution in [0.25, 0.3) is 10.6 Å². The van der Waals surface area contributed by atoms with Crippen LogP contribution in [0.2, 0.25) is 0 Å². The van der Waals surface area contributed by atoms with Crippen molar-refractivity contribution in [2.75, 3.05) is 0 Å². The summed E-state index contributed by atoms with van der Waals surface area (Å²) in [6.45, 7) is 1.94. The Labute approximate surface area is 107 Å². The third-order valence-corrected chi connectivity index (χ3v) is 3.47. The zero-order chi connectivity index (χ0) is 13.3. The first-order valence-corrected chi connectivity index (χ1v) is 6.03. The molecule has 18 heavy (non-hydrogen) atoms. The van der Waals surface area contributed by atoms with E-state index in [1.807, 2.05) is 19.1 Å². The van der Waals surface area contributed by atoms with Crippen LogP contribution in [0, 0.1) is 6.92 Å². The fourth-order valence-electron chi connectivity index (χ4n) is 1.54. The molecule has 1 atom stereocenters. The van der Waals surface area contributed by atoms with E-state index in [-0.39, 0.29) is 12.3 Å². The second-order valence-electron chi connectivity index (χ2n) is 3.87. The monoisotopic (exact) mass is 268 g/mol. The van der Waals surface area contributed by atoms with E-state index in [9.17, 15) is 9.90 Å². The molecule has 6 nitrogen and oxygen atoms in total. The molecule has 0 bridgehead atoms. The van der Waals surface area contributed by atoms with Gasteiger partial charge in [0.25, 0.3) is 5.88 Å². The predicted octanol–water partition coefficient (Wildman–Crippen LogP) is 1.37. The van der Waals surface area contributed by atoms with Crippen LogP contribution in [0.4, 0.5) is 0 Å². The molecule has 96 valence electrons. The Morgan fingerprint density at radius 1 is 1.61 bits per heavy atom. The summed E-state index contributed by atoms with van der Waals surface area (Å²) in [5.74, 6) is -1.07. The third-order valence-electron chi connectivity index (χ3n) is 2.47. The number of carboxylic acids is 1. The van der Waals surface area contributed by atoms with Gasteiger partial charge in [-0.3, -0.25) is 4.79 Å². The number of aryl methyl sites for hydroxylation is 1. The summed E-state index contributed by atoms with van der Waals surface area (Å²) in [6, 6.07) is 2.63. The molecule has 2 aromatic heterocycles. The topological polar surface area (TPSA) is 110 Å². The number of aromatic nitrogens is 1. The van der Waals surface area contributed by atoms with Crippen LogP contribution in [-0.4, -0.2) is 27.4 Å². The Bertz CT molecular complexity index is 575. The zero-order valence-electron chi connectivity index (χ0n) is 9.58. The first kappa shape index (κ1) is 12.6. The lowest BCUT2D eigenvalue weighted by Gasteiger charge is -2.04. The molecular formula is C11H12N2O4S. The minimum absolute atomic E-state index is 0.0308. The highest BCUT2D eigenvalue weighted by molar-refractivity contribution is 7.15. The number of hydrogen-bond donors (Lipinski definition) is 3. The van der Waals surface area contributed by atoms with E-state index in [1.165, 1.54) is 11.3 Å². The van der Waals surface area contributed by atoms with Crippen LogP contribution in [0.5, 0.6) is 5.88 Å². The van der Waals surface area contributed by atoms with Crippen molar-refractivity contribution < 1.29 is 19.5 Å². The lowest BCUT2D eigenvalue weighted by molar-refractivity contribution is -0.138. The Hall–Kier alpha value is -1.86. The summed E-state index contributed by atoms with van der Waals surface area (Å²) in [5, 5.41) is 21.8. The van der Waals surface area contributed by atoms with E-state index in [0.717, 1.165) is 9.75 Å². The van der Waals surface area contributed by atoms with Gasteiger partial charge in [0.2, 0.25) is 0 Å². The van der Waals surface area contributed by atoms with Gasteiger partial charge >= 0.3 is 5.97 Å². The van der Waals surface area contributed by atoms with Gasteiger partial charge in [-0.15, -0.1) is 11.3 Å². The maximum absolute atomic E-state index is 10.7. The van der Waals surface area contributed by atoms with E-state index >= 15 is 0 Å². The molecule has 0 aliphatic carbocycles. The van der Waals surface area contributed by atoms with Gasteiger partial charge in [-0.1, -0.05) is 0 Å². The van der Waals surface area contributed by atoms with Crippen molar-refractivity contribution in [3.8, 4) is 16.5 Å². The minimum atomic E-state index is -1.14. The van der Waals surface area contributed by atoms with E-state index in [1.54, 1.807) is 0 Å². The van der Waals surface area contributed by atoms with Gasteiger partial charge in [-0.25, -0.2) is 0 Å². The van der Waals surface area contributed by atoms with Crippen molar-refractivity contribution >= 4 is 17.3 Å². The lowest BCUT2D eigenvalue weighted by atomic mass is 10.1. The average Bonchev–Trinajstić information content (AvgIpc) is 2.87. The number of rotatable bonds is 4. The fourth-order valence-corrected chi connectivity index (χ4v) is 2.41. The van der Waals surface area contributed by atoms with Gasteiger partial charge in [0, 0.05) is 11.3 Å². The summed E-state index contributed by atoms with van der Waals surface area (Å²) in [6.07, 6.45) is -0.0308. The molecule has 4 N–H and O–H groups in total. The molecule has 2 heterocycles. The molecule has 0 aromatic carbocycles. The standard InChI is InChI=1S/C11H12N2O4S/c1-5-2-3-8(18-5)9-6(10(14)13-17-9)4-7(12)11(15)16/h2-3,7H,4,12H2,1H3,(H,13,14)(H,15,16)/t7-/m0/s1. The van der Waals surface area contributed by atoms with E-state index in [2.05, 4.69) is 5.16 Å². The highest BCUT2D eigenvalue weighted by Crippen LogP contribution is 2.34. The summed E-state index contributed by atoms with van der Waals surface area (Å²) in [7, 11) is 0. The number of aliphatic carboxylic acids is 1. The minimum Gasteiger partial charge on any atom is -0.491 e. The van der Waals surface area contributed by atoms with Crippen LogP contribution < -0.4 is 5.73 Å². The number of hydrogen-bond acceptors (Lipinski definition) is 6.